The third-order valence-electron chi connectivity index (χ3n) is 3.41. The lowest BCUT2D eigenvalue weighted by Crippen LogP contribution is -2.32. The first-order chi connectivity index (χ1) is 9.61. The number of hydrazone groups is 1. The van der Waals surface area contributed by atoms with Crippen molar-refractivity contribution in [3.05, 3.63) is 39.9 Å². The molecule has 102 valence electrons. The fraction of sp³-hybridized carbons (Fsp3) is 0.231. The molecule has 3 rings (SSSR count). The van der Waals surface area contributed by atoms with E-state index in [-0.39, 0.29) is 11.1 Å². The lowest BCUT2D eigenvalue weighted by molar-refractivity contribution is 0.0697. The molecule has 0 saturated carbocycles. The molecule has 1 aromatic carbocycles. The van der Waals surface area contributed by atoms with Crippen molar-refractivity contribution in [2.24, 2.45) is 10.9 Å². The van der Waals surface area contributed by atoms with Gasteiger partial charge in [-0.15, -0.1) is 0 Å². The Morgan fingerprint density at radius 3 is 2.95 bits per heavy atom. The standard InChI is InChI=1S/C13H12N4O3/c14-16-10-2-1-5-17-11(10)15-9-4-3-7(13(19)20)6-8(9)12(17)18/h3-4,6H,1-2,5,14H2,(H,19,20). The van der Waals surface area contributed by atoms with E-state index in [9.17, 15) is 9.59 Å². The molecule has 7 nitrogen and oxygen atoms in total. The number of fused-ring (bicyclic) bond motifs is 2. The number of nitrogens with zero attached hydrogens (tertiary/aromatic N) is 3. The van der Waals surface area contributed by atoms with E-state index in [2.05, 4.69) is 10.1 Å². The van der Waals surface area contributed by atoms with E-state index in [1.54, 1.807) is 0 Å². The first-order valence-electron chi connectivity index (χ1n) is 6.17. The number of aromatic carboxylic acids is 1. The third-order valence-corrected chi connectivity index (χ3v) is 3.41. The predicted molar refractivity (Wildman–Crippen MR) is 72.9 cm³/mol. The van der Waals surface area contributed by atoms with Crippen LogP contribution in [0.2, 0.25) is 0 Å². The van der Waals surface area contributed by atoms with E-state index in [1.807, 2.05) is 0 Å². The lowest BCUT2D eigenvalue weighted by atomic mass is 10.1. The Balaban J connectivity index is 2.35. The number of carboxylic acid groups (broad SMARTS) is 1. The average molecular weight is 272 g/mol. The number of benzene rings is 1. The molecule has 1 aromatic heterocycles. The van der Waals surface area contributed by atoms with Crippen molar-refractivity contribution in [2.75, 3.05) is 0 Å². The largest absolute Gasteiger partial charge is 0.478 e. The van der Waals surface area contributed by atoms with E-state index in [0.717, 1.165) is 6.42 Å². The van der Waals surface area contributed by atoms with Crippen LogP contribution in [-0.4, -0.2) is 26.3 Å². The number of hydrogen-bond acceptors (Lipinski definition) is 5. The number of rotatable bonds is 1. The Bertz CT molecular complexity index is 807. The Hall–Kier alpha value is -2.70. The van der Waals surface area contributed by atoms with Crippen LogP contribution in [0.3, 0.4) is 0 Å². The van der Waals surface area contributed by atoms with Crippen molar-refractivity contribution in [3.63, 3.8) is 0 Å². The minimum Gasteiger partial charge on any atom is -0.478 e. The predicted octanol–water partition coefficient (Wildman–Crippen LogP) is 0.551. The van der Waals surface area contributed by atoms with Crippen LogP contribution < -0.4 is 11.4 Å². The maximum Gasteiger partial charge on any atom is 0.335 e. The molecular formula is C13H12N4O3. The van der Waals surface area contributed by atoms with Crippen molar-refractivity contribution >= 4 is 22.6 Å². The van der Waals surface area contributed by atoms with Gasteiger partial charge in [0, 0.05) is 6.54 Å². The van der Waals surface area contributed by atoms with Gasteiger partial charge in [0.15, 0.2) is 5.82 Å². The molecule has 7 heteroatoms. The summed E-state index contributed by atoms with van der Waals surface area (Å²) in [5.74, 6) is 4.73. The molecule has 0 radical (unpaired) electrons. The second kappa shape index (κ2) is 4.44. The molecule has 0 saturated heterocycles. The van der Waals surface area contributed by atoms with Gasteiger partial charge >= 0.3 is 5.97 Å². The van der Waals surface area contributed by atoms with Crippen molar-refractivity contribution in [1.29, 1.82) is 0 Å². The minimum atomic E-state index is -1.07. The minimum absolute atomic E-state index is 0.0699. The summed E-state index contributed by atoms with van der Waals surface area (Å²) in [6.45, 7) is 0.535. The molecule has 1 aliphatic heterocycles. The van der Waals surface area contributed by atoms with Crippen LogP contribution in [0.25, 0.3) is 10.9 Å². The lowest BCUT2D eigenvalue weighted by Gasteiger charge is -2.19. The van der Waals surface area contributed by atoms with Gasteiger partial charge in [0.2, 0.25) is 0 Å². The average Bonchev–Trinajstić information content (AvgIpc) is 2.46. The van der Waals surface area contributed by atoms with E-state index in [0.29, 0.717) is 35.4 Å². The van der Waals surface area contributed by atoms with Crippen LogP contribution in [-0.2, 0) is 6.54 Å². The molecule has 0 spiro atoms. The zero-order valence-corrected chi connectivity index (χ0v) is 10.5. The maximum atomic E-state index is 12.4. The molecule has 20 heavy (non-hydrogen) atoms. The van der Waals surface area contributed by atoms with Gasteiger partial charge in [-0.05, 0) is 31.0 Å². The smallest absolute Gasteiger partial charge is 0.335 e. The highest BCUT2D eigenvalue weighted by atomic mass is 16.4. The summed E-state index contributed by atoms with van der Waals surface area (Å²) in [6, 6.07) is 4.31. The van der Waals surface area contributed by atoms with Gasteiger partial charge in [0.05, 0.1) is 16.5 Å². The van der Waals surface area contributed by atoms with Gasteiger partial charge in [-0.3, -0.25) is 9.36 Å². The number of carbonyl (C=O) groups is 1. The molecule has 0 amide bonds. The van der Waals surface area contributed by atoms with Crippen molar-refractivity contribution < 1.29 is 9.90 Å². The van der Waals surface area contributed by atoms with Crippen LogP contribution in [0.15, 0.2) is 28.1 Å². The summed E-state index contributed by atoms with van der Waals surface area (Å²) in [5.41, 5.74) is 0.862. The first-order valence-corrected chi connectivity index (χ1v) is 6.17. The zero-order valence-electron chi connectivity index (χ0n) is 10.5. The summed E-state index contributed by atoms with van der Waals surface area (Å²) in [7, 11) is 0. The fourth-order valence-corrected chi connectivity index (χ4v) is 2.42. The van der Waals surface area contributed by atoms with Gasteiger partial charge in [-0.2, -0.15) is 5.10 Å². The van der Waals surface area contributed by atoms with Crippen LogP contribution in [0.5, 0.6) is 0 Å². The van der Waals surface area contributed by atoms with E-state index in [1.165, 1.54) is 22.8 Å². The van der Waals surface area contributed by atoms with Crippen molar-refractivity contribution in [3.8, 4) is 0 Å². The second-order valence-electron chi connectivity index (χ2n) is 4.61. The van der Waals surface area contributed by atoms with Crippen molar-refractivity contribution in [2.45, 2.75) is 19.4 Å². The number of carboxylic acids is 1. The number of aromatic nitrogens is 2. The zero-order chi connectivity index (χ0) is 14.3. The molecule has 0 fully saturated rings. The van der Waals surface area contributed by atoms with E-state index in [4.69, 9.17) is 10.9 Å². The number of hydrogen-bond donors (Lipinski definition) is 2. The number of nitrogens with two attached hydrogens (primary N) is 1. The fourth-order valence-electron chi connectivity index (χ4n) is 2.42. The molecular weight excluding hydrogens is 260 g/mol. The Morgan fingerprint density at radius 2 is 2.25 bits per heavy atom. The highest BCUT2D eigenvalue weighted by Gasteiger charge is 2.20. The van der Waals surface area contributed by atoms with Gasteiger partial charge < -0.3 is 10.9 Å². The van der Waals surface area contributed by atoms with Gasteiger partial charge in [-0.25, -0.2) is 9.78 Å². The maximum absolute atomic E-state index is 12.4. The van der Waals surface area contributed by atoms with Crippen molar-refractivity contribution in [1.82, 2.24) is 9.55 Å². The summed E-state index contributed by atoms with van der Waals surface area (Å²) in [5, 5.41) is 13.0. The second-order valence-corrected chi connectivity index (χ2v) is 4.61. The summed E-state index contributed by atoms with van der Waals surface area (Å²) in [4.78, 5) is 27.8. The monoisotopic (exact) mass is 272 g/mol. The molecule has 1 aliphatic rings. The molecule has 0 atom stereocenters. The first kappa shape index (κ1) is 12.3. The van der Waals surface area contributed by atoms with Crippen LogP contribution in [0.4, 0.5) is 0 Å². The summed E-state index contributed by atoms with van der Waals surface area (Å²) < 4.78 is 1.50. The molecule has 2 aromatic rings. The van der Waals surface area contributed by atoms with Gasteiger partial charge in [-0.1, -0.05) is 0 Å². The Morgan fingerprint density at radius 1 is 1.45 bits per heavy atom. The van der Waals surface area contributed by atoms with E-state index >= 15 is 0 Å². The molecule has 0 bridgehead atoms. The molecule has 2 heterocycles. The Labute approximate surface area is 113 Å². The van der Waals surface area contributed by atoms with Crippen LogP contribution >= 0.6 is 0 Å². The molecule has 3 N–H and O–H groups in total. The third kappa shape index (κ3) is 1.75. The highest BCUT2D eigenvalue weighted by molar-refractivity contribution is 6.00. The van der Waals surface area contributed by atoms with Crippen LogP contribution in [0, 0.1) is 0 Å². The summed E-state index contributed by atoms with van der Waals surface area (Å²) in [6.07, 6.45) is 1.44. The molecule has 0 aliphatic carbocycles. The molecule has 0 unspecified atom stereocenters. The topological polar surface area (TPSA) is 111 Å². The van der Waals surface area contributed by atoms with Gasteiger partial charge in [0.25, 0.3) is 5.56 Å². The van der Waals surface area contributed by atoms with Crippen LogP contribution in [0.1, 0.15) is 29.0 Å². The Kier molecular flexibility index (Phi) is 2.74. The normalized spacial score (nSPS) is 16.3. The summed E-state index contributed by atoms with van der Waals surface area (Å²) >= 11 is 0. The quantitative estimate of drug-likeness (QED) is 0.581. The van der Waals surface area contributed by atoms with Gasteiger partial charge in [0.1, 0.15) is 5.71 Å². The highest BCUT2D eigenvalue weighted by Crippen LogP contribution is 2.16. The SMILES string of the molecule is NN=C1CCCn2c1nc1ccc(C(=O)O)cc1c2=O. The van der Waals surface area contributed by atoms with E-state index < -0.39 is 5.97 Å².